The summed E-state index contributed by atoms with van der Waals surface area (Å²) in [6.07, 6.45) is -5.08. The Hall–Kier alpha value is -1.27. The van der Waals surface area contributed by atoms with Crippen molar-refractivity contribution >= 4 is 12.4 Å². The maximum Gasteiger partial charge on any atom is 0.490 e. The van der Waals surface area contributed by atoms with Gasteiger partial charge in [0.1, 0.15) is 0 Å². The van der Waals surface area contributed by atoms with Gasteiger partial charge in [-0.05, 0) is 0 Å². The van der Waals surface area contributed by atoms with E-state index in [1.54, 1.807) is 0 Å². The third-order valence-electron chi connectivity index (χ3n) is 0.243. The molecule has 0 heterocycles. The summed E-state index contributed by atoms with van der Waals surface area (Å²) in [5, 5.41) is 14.0. The minimum atomic E-state index is -5.08. The molecule has 2 N–H and O–H groups in total. The number of halogens is 3. The molecular weight excluding hydrogens is 157 g/mol. The maximum absolute atomic E-state index is 10.6. The molecule has 0 radical (unpaired) electrons. The third kappa shape index (κ3) is 9.88. The Labute approximate surface area is 52.9 Å². The van der Waals surface area contributed by atoms with Crippen molar-refractivity contribution in [1.29, 1.82) is 0 Å². The lowest BCUT2D eigenvalue weighted by atomic mass is 10.7. The molecule has 4 nitrogen and oxygen atoms in total. The first-order valence-corrected chi connectivity index (χ1v) is 1.74. The molecule has 0 aromatic heterocycles. The van der Waals surface area contributed by atoms with Crippen molar-refractivity contribution in [2.75, 3.05) is 0 Å². The summed E-state index contributed by atoms with van der Waals surface area (Å²) in [5.41, 5.74) is 0. The Balaban J connectivity index is 0. The SMILES string of the molecule is O=C(O)C(F)(F)F.O=CO. The predicted octanol–water partition coefficient (Wildman–Crippen LogP) is 0.334. The minimum absolute atomic E-state index is 0.250. The molecule has 0 rings (SSSR count). The van der Waals surface area contributed by atoms with Crippen molar-refractivity contribution in [3.05, 3.63) is 0 Å². The summed E-state index contributed by atoms with van der Waals surface area (Å²) in [4.78, 5) is 17.3. The molecule has 0 fully saturated rings. The van der Waals surface area contributed by atoms with Crippen molar-refractivity contribution < 1.29 is 33.0 Å². The van der Waals surface area contributed by atoms with E-state index in [9.17, 15) is 13.2 Å². The highest BCUT2D eigenvalue weighted by Gasteiger charge is 2.38. The van der Waals surface area contributed by atoms with Gasteiger partial charge < -0.3 is 10.2 Å². The van der Waals surface area contributed by atoms with Crippen LogP contribution in [0.25, 0.3) is 0 Å². The molecule has 0 aromatic carbocycles. The Bertz CT molecular complexity index is 117. The van der Waals surface area contributed by atoms with Crippen LogP contribution >= 0.6 is 0 Å². The van der Waals surface area contributed by atoms with Crippen molar-refractivity contribution in [2.45, 2.75) is 6.18 Å². The van der Waals surface area contributed by atoms with E-state index in [2.05, 4.69) is 0 Å². The van der Waals surface area contributed by atoms with Crippen molar-refractivity contribution in [2.24, 2.45) is 0 Å². The molecule has 0 aliphatic rings. The third-order valence-corrected chi connectivity index (χ3v) is 0.243. The summed E-state index contributed by atoms with van der Waals surface area (Å²) in [6, 6.07) is 0. The zero-order valence-corrected chi connectivity index (χ0v) is 4.42. The summed E-state index contributed by atoms with van der Waals surface area (Å²) in [7, 11) is 0. The summed E-state index contributed by atoms with van der Waals surface area (Å²) < 4.78 is 31.7. The van der Waals surface area contributed by atoms with Gasteiger partial charge in [0.05, 0.1) is 0 Å². The number of carbonyl (C=O) groups is 2. The number of carboxylic acid groups (broad SMARTS) is 2. The molecule has 0 aromatic rings. The van der Waals surface area contributed by atoms with E-state index < -0.39 is 12.1 Å². The first kappa shape index (κ1) is 11.5. The summed E-state index contributed by atoms with van der Waals surface area (Å²) >= 11 is 0. The smallest absolute Gasteiger partial charge is 0.483 e. The van der Waals surface area contributed by atoms with Crippen LogP contribution in [-0.2, 0) is 9.59 Å². The van der Waals surface area contributed by atoms with E-state index in [-0.39, 0.29) is 6.47 Å². The van der Waals surface area contributed by atoms with Gasteiger partial charge >= 0.3 is 12.1 Å². The fourth-order valence-electron chi connectivity index (χ4n) is 0. The minimum Gasteiger partial charge on any atom is -0.483 e. The Morgan fingerprint density at radius 3 is 1.50 bits per heavy atom. The van der Waals surface area contributed by atoms with Crippen LogP contribution in [0.2, 0.25) is 0 Å². The molecule has 7 heteroatoms. The van der Waals surface area contributed by atoms with Crippen LogP contribution in [0, 0.1) is 0 Å². The maximum atomic E-state index is 10.6. The van der Waals surface area contributed by atoms with E-state index in [4.69, 9.17) is 19.8 Å². The Morgan fingerprint density at radius 2 is 1.50 bits per heavy atom. The molecular formula is C3H3F3O4. The highest BCUT2D eigenvalue weighted by Crippen LogP contribution is 2.13. The quantitative estimate of drug-likeness (QED) is 0.501. The molecule has 0 saturated heterocycles. The van der Waals surface area contributed by atoms with Crippen LogP contribution in [0.5, 0.6) is 0 Å². The average Bonchev–Trinajstić information content (AvgIpc) is 1.64. The molecule has 0 aliphatic heterocycles. The van der Waals surface area contributed by atoms with Crippen molar-refractivity contribution in [1.82, 2.24) is 0 Å². The van der Waals surface area contributed by atoms with Gasteiger partial charge in [-0.3, -0.25) is 4.79 Å². The van der Waals surface area contributed by atoms with Crippen LogP contribution < -0.4 is 0 Å². The lowest BCUT2D eigenvalue weighted by Gasteiger charge is -1.93. The number of aliphatic carboxylic acids is 1. The van der Waals surface area contributed by atoms with Gasteiger partial charge in [0.2, 0.25) is 0 Å². The highest BCUT2D eigenvalue weighted by atomic mass is 19.4. The van der Waals surface area contributed by atoms with E-state index in [1.165, 1.54) is 0 Å². The first-order chi connectivity index (χ1) is 4.36. The van der Waals surface area contributed by atoms with Crippen LogP contribution in [-0.4, -0.2) is 28.8 Å². The molecule has 0 aliphatic carbocycles. The van der Waals surface area contributed by atoms with Crippen LogP contribution in [0.15, 0.2) is 0 Å². The lowest BCUT2D eigenvalue weighted by molar-refractivity contribution is -0.192. The molecule has 0 spiro atoms. The lowest BCUT2D eigenvalue weighted by Crippen LogP contribution is -2.21. The van der Waals surface area contributed by atoms with Crippen molar-refractivity contribution in [3.8, 4) is 0 Å². The highest BCUT2D eigenvalue weighted by molar-refractivity contribution is 5.73. The number of hydrogen-bond donors (Lipinski definition) is 2. The number of hydrogen-bond acceptors (Lipinski definition) is 2. The number of alkyl halides is 3. The summed E-state index contributed by atoms with van der Waals surface area (Å²) in [6.45, 7) is -0.250. The van der Waals surface area contributed by atoms with Crippen LogP contribution in [0.3, 0.4) is 0 Å². The second kappa shape index (κ2) is 4.59. The topological polar surface area (TPSA) is 74.6 Å². The molecule has 0 amide bonds. The molecule has 10 heavy (non-hydrogen) atoms. The van der Waals surface area contributed by atoms with Gasteiger partial charge in [0.15, 0.2) is 0 Å². The fourth-order valence-corrected chi connectivity index (χ4v) is 0. The molecule has 0 saturated carbocycles. The van der Waals surface area contributed by atoms with E-state index in [0.29, 0.717) is 0 Å². The normalized spacial score (nSPS) is 9.10. The van der Waals surface area contributed by atoms with Gasteiger partial charge in [-0.2, -0.15) is 13.2 Å². The van der Waals surface area contributed by atoms with Crippen LogP contribution in [0.1, 0.15) is 0 Å². The second-order valence-electron chi connectivity index (χ2n) is 0.908. The standard InChI is InChI=1S/C2HF3O2.CH2O2/c3-2(4,5)1(6)7;2-1-3/h(H,6,7);1H,(H,2,3). The van der Waals surface area contributed by atoms with E-state index in [1.807, 2.05) is 0 Å². The number of rotatable bonds is 0. The van der Waals surface area contributed by atoms with Crippen molar-refractivity contribution in [3.63, 3.8) is 0 Å². The average molecular weight is 160 g/mol. The van der Waals surface area contributed by atoms with E-state index >= 15 is 0 Å². The fraction of sp³-hybridized carbons (Fsp3) is 0.333. The Kier molecular flexibility index (Phi) is 5.29. The predicted molar refractivity (Wildman–Crippen MR) is 22.4 cm³/mol. The molecule has 0 bridgehead atoms. The Morgan fingerprint density at radius 1 is 1.40 bits per heavy atom. The molecule has 60 valence electrons. The first-order valence-electron chi connectivity index (χ1n) is 1.74. The van der Waals surface area contributed by atoms with Gasteiger partial charge in [-0.1, -0.05) is 0 Å². The largest absolute Gasteiger partial charge is 0.490 e. The van der Waals surface area contributed by atoms with Crippen LogP contribution in [0.4, 0.5) is 13.2 Å². The molecule has 0 unspecified atom stereocenters. The zero-order valence-electron chi connectivity index (χ0n) is 4.42. The summed E-state index contributed by atoms with van der Waals surface area (Å²) in [5.74, 6) is -2.76. The second-order valence-corrected chi connectivity index (χ2v) is 0.908. The monoisotopic (exact) mass is 160 g/mol. The number of carboxylic acids is 1. The van der Waals surface area contributed by atoms with Gasteiger partial charge in [0, 0.05) is 0 Å². The zero-order chi connectivity index (χ0) is 8.78. The van der Waals surface area contributed by atoms with Gasteiger partial charge in [0.25, 0.3) is 6.47 Å². The van der Waals surface area contributed by atoms with Gasteiger partial charge in [-0.25, -0.2) is 4.79 Å². The van der Waals surface area contributed by atoms with E-state index in [0.717, 1.165) is 0 Å². The molecule has 0 atom stereocenters. The van der Waals surface area contributed by atoms with Gasteiger partial charge in [-0.15, -0.1) is 0 Å².